The minimum absolute atomic E-state index is 0.232. The number of hydrazone groups is 1. The first-order chi connectivity index (χ1) is 13.1. The summed E-state index contributed by atoms with van der Waals surface area (Å²) in [7, 11) is 0. The van der Waals surface area contributed by atoms with Crippen LogP contribution in [0.4, 0.5) is 0 Å². The first-order valence-electron chi connectivity index (χ1n) is 10.1. The number of furan rings is 1. The maximum atomic E-state index is 6.67. The molecule has 1 aromatic heterocycles. The van der Waals surface area contributed by atoms with Gasteiger partial charge in [0, 0.05) is 12.0 Å². The van der Waals surface area contributed by atoms with E-state index in [1.807, 2.05) is 19.1 Å². The highest BCUT2D eigenvalue weighted by Crippen LogP contribution is 2.49. The van der Waals surface area contributed by atoms with Gasteiger partial charge in [-0.3, -0.25) is 0 Å². The Morgan fingerprint density at radius 3 is 2.63 bits per heavy atom. The third kappa shape index (κ3) is 2.67. The second-order valence-electron chi connectivity index (χ2n) is 8.42. The predicted octanol–water partition coefficient (Wildman–Crippen LogP) is 2.91. The van der Waals surface area contributed by atoms with Gasteiger partial charge < -0.3 is 14.1 Å². The Hall–Kier alpha value is -2.27. The summed E-state index contributed by atoms with van der Waals surface area (Å²) in [4.78, 5) is 1.66. The van der Waals surface area contributed by atoms with Crippen LogP contribution in [0.1, 0.15) is 56.2 Å². The summed E-state index contributed by atoms with van der Waals surface area (Å²) in [5, 5.41) is 7.32. The molecule has 3 aliphatic rings. The molecule has 0 amide bonds. The lowest BCUT2D eigenvalue weighted by molar-refractivity contribution is -0.929. The number of para-hydroxylation sites is 1. The van der Waals surface area contributed by atoms with Gasteiger partial charge in [-0.15, -0.1) is 0 Å². The molecular formula is C22H28N3O2+. The Morgan fingerprint density at radius 2 is 1.93 bits per heavy atom. The molecule has 5 rings (SSSR count). The summed E-state index contributed by atoms with van der Waals surface area (Å²) in [6.45, 7) is 8.83. The molecule has 0 unspecified atom stereocenters. The molecular weight excluding hydrogens is 338 g/mol. The second-order valence-corrected chi connectivity index (χ2v) is 8.42. The van der Waals surface area contributed by atoms with E-state index in [1.165, 1.54) is 5.56 Å². The van der Waals surface area contributed by atoms with Crippen LogP contribution in [-0.4, -0.2) is 35.6 Å². The highest BCUT2D eigenvalue weighted by molar-refractivity contribution is 5.99. The topological polar surface area (TPSA) is 42.4 Å². The molecule has 1 saturated heterocycles. The minimum atomic E-state index is -0.333. The van der Waals surface area contributed by atoms with Gasteiger partial charge in [0.1, 0.15) is 23.0 Å². The summed E-state index contributed by atoms with van der Waals surface area (Å²) >= 11 is 0. The fraction of sp³-hybridized carbons (Fsp3) is 0.500. The second kappa shape index (κ2) is 6.13. The normalized spacial score (nSPS) is 29.5. The fourth-order valence-electron chi connectivity index (χ4n) is 4.84. The zero-order chi connectivity index (χ0) is 18.6. The number of nitrogens with zero attached hydrogens (tertiary/aromatic N) is 2. The van der Waals surface area contributed by atoms with Crippen LogP contribution in [0, 0.1) is 6.92 Å². The number of quaternary nitrogens is 1. The molecule has 1 aromatic carbocycles. The summed E-state index contributed by atoms with van der Waals surface area (Å²) in [6, 6.07) is 13.4. The van der Waals surface area contributed by atoms with Crippen molar-refractivity contribution in [2.75, 3.05) is 13.1 Å². The summed E-state index contributed by atoms with van der Waals surface area (Å²) < 4.78 is 12.6. The molecule has 5 heteroatoms. The van der Waals surface area contributed by atoms with Crippen LogP contribution in [-0.2, 0) is 0 Å². The molecule has 3 aliphatic heterocycles. The van der Waals surface area contributed by atoms with E-state index in [9.17, 15) is 0 Å². The van der Waals surface area contributed by atoms with E-state index in [4.69, 9.17) is 14.3 Å². The van der Waals surface area contributed by atoms with Crippen molar-refractivity contribution in [3.63, 3.8) is 0 Å². The Morgan fingerprint density at radius 1 is 1.15 bits per heavy atom. The number of benzene rings is 1. The van der Waals surface area contributed by atoms with Gasteiger partial charge in [-0.25, -0.2) is 5.01 Å². The number of rotatable bonds is 2. The van der Waals surface area contributed by atoms with Gasteiger partial charge in [0.15, 0.2) is 0 Å². The number of ether oxygens (including phenoxy) is 1. The Balaban J connectivity index is 1.53. The molecule has 0 saturated carbocycles. The molecule has 27 heavy (non-hydrogen) atoms. The third-order valence-electron chi connectivity index (χ3n) is 6.42. The number of aryl methyl sites for hydroxylation is 1. The van der Waals surface area contributed by atoms with Crippen molar-refractivity contribution >= 4 is 5.71 Å². The maximum absolute atomic E-state index is 6.67. The highest BCUT2D eigenvalue weighted by Gasteiger charge is 2.53. The Bertz CT molecular complexity index is 877. The Labute approximate surface area is 160 Å². The third-order valence-corrected chi connectivity index (χ3v) is 6.42. The first kappa shape index (κ1) is 16.9. The standard InChI is InChI=1S/C22H27N3O2/c1-15(2)24-12-10-22(11-13-24)25-19(17-6-4-5-7-20(17)27-22)14-18(23-25)21-9-8-16(3)26-21/h4-9,15,19H,10-14H2,1-3H3/p+1/t19-/m0/s1. The molecule has 1 N–H and O–H groups in total. The monoisotopic (exact) mass is 366 g/mol. The molecule has 2 aromatic rings. The van der Waals surface area contributed by atoms with Crippen LogP contribution in [0.15, 0.2) is 45.9 Å². The number of likely N-dealkylation sites (tertiary alicyclic amines) is 1. The smallest absolute Gasteiger partial charge is 0.208 e. The van der Waals surface area contributed by atoms with Gasteiger partial charge in [0.2, 0.25) is 5.72 Å². The summed E-state index contributed by atoms with van der Waals surface area (Å²) in [6.07, 6.45) is 2.87. The van der Waals surface area contributed by atoms with E-state index in [2.05, 4.69) is 43.1 Å². The molecule has 4 heterocycles. The van der Waals surface area contributed by atoms with Gasteiger partial charge >= 0.3 is 0 Å². The lowest BCUT2D eigenvalue weighted by atomic mass is 9.91. The van der Waals surface area contributed by atoms with Gasteiger partial charge in [-0.1, -0.05) is 18.2 Å². The van der Waals surface area contributed by atoms with Crippen LogP contribution in [0.25, 0.3) is 0 Å². The van der Waals surface area contributed by atoms with E-state index in [0.717, 1.165) is 55.3 Å². The van der Waals surface area contributed by atoms with Crippen molar-refractivity contribution < 1.29 is 14.1 Å². The summed E-state index contributed by atoms with van der Waals surface area (Å²) in [5.74, 6) is 2.84. The fourth-order valence-corrected chi connectivity index (χ4v) is 4.84. The minimum Gasteiger partial charge on any atom is -0.466 e. The average Bonchev–Trinajstić information content (AvgIpc) is 3.29. The Kier molecular flexibility index (Phi) is 3.83. The SMILES string of the molecule is Cc1ccc(C2=NN3[C@@H](C2)c2ccccc2OC32CC[NH+](C(C)C)CC2)o1. The van der Waals surface area contributed by atoms with E-state index in [1.54, 1.807) is 4.90 Å². The quantitative estimate of drug-likeness (QED) is 0.889. The van der Waals surface area contributed by atoms with Crippen molar-refractivity contribution in [1.82, 2.24) is 5.01 Å². The number of fused-ring (bicyclic) bond motifs is 4. The zero-order valence-corrected chi connectivity index (χ0v) is 16.4. The van der Waals surface area contributed by atoms with Crippen LogP contribution in [0.3, 0.4) is 0 Å². The molecule has 1 spiro atoms. The van der Waals surface area contributed by atoms with Gasteiger partial charge in [-0.2, -0.15) is 5.10 Å². The van der Waals surface area contributed by atoms with Crippen molar-refractivity contribution in [3.8, 4) is 5.75 Å². The number of piperidine rings is 1. The molecule has 1 fully saturated rings. The van der Waals surface area contributed by atoms with E-state index in [-0.39, 0.29) is 11.8 Å². The largest absolute Gasteiger partial charge is 0.466 e. The lowest BCUT2D eigenvalue weighted by Gasteiger charge is -2.50. The number of hydrogen-bond acceptors (Lipinski definition) is 4. The van der Waals surface area contributed by atoms with E-state index in [0.29, 0.717) is 6.04 Å². The molecule has 1 atom stereocenters. The van der Waals surface area contributed by atoms with Crippen molar-refractivity contribution in [2.24, 2.45) is 5.10 Å². The zero-order valence-electron chi connectivity index (χ0n) is 16.4. The molecule has 0 bridgehead atoms. The van der Waals surface area contributed by atoms with Crippen LogP contribution >= 0.6 is 0 Å². The van der Waals surface area contributed by atoms with Crippen molar-refractivity contribution in [3.05, 3.63) is 53.5 Å². The van der Waals surface area contributed by atoms with Gasteiger partial charge in [0.25, 0.3) is 0 Å². The van der Waals surface area contributed by atoms with Crippen LogP contribution < -0.4 is 9.64 Å². The molecule has 0 aliphatic carbocycles. The van der Waals surface area contributed by atoms with Crippen LogP contribution in [0.2, 0.25) is 0 Å². The van der Waals surface area contributed by atoms with E-state index < -0.39 is 0 Å². The van der Waals surface area contributed by atoms with E-state index >= 15 is 0 Å². The highest BCUT2D eigenvalue weighted by atomic mass is 16.5. The average molecular weight is 366 g/mol. The van der Waals surface area contributed by atoms with Crippen LogP contribution in [0.5, 0.6) is 5.75 Å². The molecule has 142 valence electrons. The van der Waals surface area contributed by atoms with Gasteiger partial charge in [0.05, 0.1) is 38.0 Å². The predicted molar refractivity (Wildman–Crippen MR) is 104 cm³/mol. The molecule has 0 radical (unpaired) electrons. The number of nitrogens with one attached hydrogen (secondary N) is 1. The van der Waals surface area contributed by atoms with Crippen molar-refractivity contribution in [2.45, 2.75) is 57.8 Å². The van der Waals surface area contributed by atoms with Crippen molar-refractivity contribution in [1.29, 1.82) is 0 Å². The van der Waals surface area contributed by atoms with Gasteiger partial charge in [-0.05, 0) is 39.0 Å². The molecule has 5 nitrogen and oxygen atoms in total. The maximum Gasteiger partial charge on any atom is 0.208 e. The summed E-state index contributed by atoms with van der Waals surface area (Å²) in [5.41, 5.74) is 1.94. The number of hydrogen-bond donors (Lipinski definition) is 1. The first-order valence-corrected chi connectivity index (χ1v) is 10.1. The lowest BCUT2D eigenvalue weighted by Crippen LogP contribution is -3.16.